The van der Waals surface area contributed by atoms with Crippen molar-refractivity contribution >= 4 is 5.91 Å². The molecule has 3 fully saturated rings. The van der Waals surface area contributed by atoms with Crippen LogP contribution >= 0.6 is 0 Å². The first kappa shape index (κ1) is 12.5. The summed E-state index contributed by atoms with van der Waals surface area (Å²) in [5.41, 5.74) is 6.86. The molecule has 2 N–H and O–H groups in total. The normalized spacial score (nSPS) is 46.6. The van der Waals surface area contributed by atoms with Crippen LogP contribution in [-0.2, 0) is 4.79 Å². The lowest BCUT2D eigenvalue weighted by molar-refractivity contribution is -0.136. The summed E-state index contributed by atoms with van der Waals surface area (Å²) >= 11 is 0. The van der Waals surface area contributed by atoms with Crippen molar-refractivity contribution < 1.29 is 4.79 Å². The minimum atomic E-state index is 0.235. The van der Waals surface area contributed by atoms with Gasteiger partial charge in [-0.15, -0.1) is 0 Å². The highest BCUT2D eigenvalue weighted by Gasteiger charge is 2.58. The molecule has 3 aliphatic carbocycles. The summed E-state index contributed by atoms with van der Waals surface area (Å²) in [6, 6.07) is 0.369. The van der Waals surface area contributed by atoms with Gasteiger partial charge in [0.05, 0.1) is 0 Å². The number of amides is 1. The molecule has 0 aromatic heterocycles. The summed E-state index contributed by atoms with van der Waals surface area (Å²) in [6.45, 7) is 0. The Hall–Kier alpha value is -0.570. The molecule has 0 saturated heterocycles. The second-order valence-corrected chi connectivity index (χ2v) is 7.05. The molecule has 18 heavy (non-hydrogen) atoms. The van der Waals surface area contributed by atoms with E-state index in [1.165, 1.54) is 32.1 Å². The van der Waals surface area contributed by atoms with Crippen molar-refractivity contribution in [1.29, 1.82) is 0 Å². The lowest BCUT2D eigenvalue weighted by atomic mass is 9.59. The quantitative estimate of drug-likeness (QED) is 0.774. The highest BCUT2D eigenvalue weighted by atomic mass is 16.2. The Kier molecular flexibility index (Phi) is 2.92. The minimum Gasteiger partial charge on any atom is -0.349 e. The van der Waals surface area contributed by atoms with Crippen molar-refractivity contribution in [1.82, 2.24) is 4.90 Å². The molecule has 0 aromatic rings. The maximum Gasteiger partial charge on any atom is 0.225 e. The lowest BCUT2D eigenvalue weighted by Crippen LogP contribution is -2.50. The smallest absolute Gasteiger partial charge is 0.225 e. The summed E-state index contributed by atoms with van der Waals surface area (Å²) in [4.78, 5) is 14.0. The zero-order chi connectivity index (χ0) is 12.9. The van der Waals surface area contributed by atoms with Crippen molar-refractivity contribution in [3.8, 4) is 0 Å². The van der Waals surface area contributed by atoms with Gasteiger partial charge < -0.3 is 10.6 Å². The van der Waals surface area contributed by atoms with Crippen molar-refractivity contribution in [2.45, 2.75) is 51.0 Å². The van der Waals surface area contributed by atoms with Gasteiger partial charge in [-0.3, -0.25) is 4.79 Å². The van der Waals surface area contributed by atoms with Crippen LogP contribution in [0.1, 0.15) is 44.9 Å². The number of nitrogens with zero attached hydrogens (tertiary/aromatic N) is 1. The van der Waals surface area contributed by atoms with Gasteiger partial charge in [0.2, 0.25) is 5.91 Å². The molecule has 5 atom stereocenters. The van der Waals surface area contributed by atoms with Gasteiger partial charge in [0, 0.05) is 26.1 Å². The zero-order valence-electron chi connectivity index (χ0n) is 11.7. The van der Waals surface area contributed by atoms with Gasteiger partial charge >= 0.3 is 0 Å². The predicted octanol–water partition coefficient (Wildman–Crippen LogP) is 2.01. The van der Waals surface area contributed by atoms with E-state index in [1.54, 1.807) is 4.90 Å². The third-order valence-electron chi connectivity index (χ3n) is 6.07. The minimum absolute atomic E-state index is 0.235. The van der Waals surface area contributed by atoms with Crippen LogP contribution in [-0.4, -0.2) is 30.9 Å². The molecule has 0 aromatic carbocycles. The number of nitrogens with two attached hydrogens (primary N) is 1. The van der Waals surface area contributed by atoms with Gasteiger partial charge in [0.1, 0.15) is 0 Å². The summed E-state index contributed by atoms with van der Waals surface area (Å²) in [5, 5.41) is 0. The topological polar surface area (TPSA) is 46.3 Å². The highest BCUT2D eigenvalue weighted by Crippen LogP contribution is 2.61. The van der Waals surface area contributed by atoms with E-state index in [0.29, 0.717) is 17.4 Å². The molecule has 3 aliphatic rings. The average molecular weight is 250 g/mol. The Morgan fingerprint density at radius 3 is 2.67 bits per heavy atom. The number of carbonyl (C=O) groups is 1. The van der Waals surface area contributed by atoms with Gasteiger partial charge in [-0.2, -0.15) is 0 Å². The molecule has 3 nitrogen and oxygen atoms in total. The van der Waals surface area contributed by atoms with E-state index >= 15 is 0 Å². The SMILES string of the molecule is CN(C)C(=O)C1CCCC2(C1)C1CCC(C1)C2N. The van der Waals surface area contributed by atoms with E-state index in [9.17, 15) is 4.79 Å². The summed E-state index contributed by atoms with van der Waals surface area (Å²) < 4.78 is 0. The predicted molar refractivity (Wildman–Crippen MR) is 71.9 cm³/mol. The van der Waals surface area contributed by atoms with Gasteiger partial charge in [-0.1, -0.05) is 6.42 Å². The monoisotopic (exact) mass is 250 g/mol. The second-order valence-electron chi connectivity index (χ2n) is 7.05. The van der Waals surface area contributed by atoms with Gasteiger partial charge in [-0.25, -0.2) is 0 Å². The van der Waals surface area contributed by atoms with E-state index in [4.69, 9.17) is 5.73 Å². The zero-order valence-corrected chi connectivity index (χ0v) is 11.7. The van der Waals surface area contributed by atoms with Crippen molar-refractivity contribution in [2.24, 2.45) is 28.9 Å². The van der Waals surface area contributed by atoms with Crippen LogP contribution in [0.25, 0.3) is 0 Å². The molecule has 3 rings (SSSR count). The molecule has 0 radical (unpaired) electrons. The number of carbonyl (C=O) groups excluding carboxylic acids is 1. The first-order chi connectivity index (χ1) is 8.54. The largest absolute Gasteiger partial charge is 0.349 e. The Balaban J connectivity index is 1.80. The highest BCUT2D eigenvalue weighted by molar-refractivity contribution is 5.78. The number of hydrogen-bond acceptors (Lipinski definition) is 2. The molecule has 0 heterocycles. The summed E-state index contributed by atoms with van der Waals surface area (Å²) in [6.07, 6.45) is 8.63. The molecule has 3 saturated carbocycles. The van der Waals surface area contributed by atoms with Crippen molar-refractivity contribution in [3.63, 3.8) is 0 Å². The van der Waals surface area contributed by atoms with Crippen LogP contribution in [0.5, 0.6) is 0 Å². The number of rotatable bonds is 1. The first-order valence-corrected chi connectivity index (χ1v) is 7.51. The molecule has 1 amide bonds. The molecule has 1 spiro atoms. The van der Waals surface area contributed by atoms with Gasteiger partial charge in [0.15, 0.2) is 0 Å². The Labute approximate surface area is 110 Å². The van der Waals surface area contributed by atoms with Crippen LogP contribution in [0.3, 0.4) is 0 Å². The average Bonchev–Trinajstić information content (AvgIpc) is 2.93. The van der Waals surface area contributed by atoms with Gasteiger partial charge in [0.25, 0.3) is 0 Å². The number of fused-ring (bicyclic) bond motifs is 3. The summed E-state index contributed by atoms with van der Waals surface area (Å²) in [7, 11) is 3.76. The van der Waals surface area contributed by atoms with E-state index in [1.807, 2.05) is 14.1 Å². The molecule has 2 bridgehead atoms. The van der Waals surface area contributed by atoms with E-state index in [-0.39, 0.29) is 5.92 Å². The fourth-order valence-electron chi connectivity index (χ4n) is 5.20. The molecule has 0 aliphatic heterocycles. The van der Waals surface area contributed by atoms with Crippen LogP contribution in [0.4, 0.5) is 0 Å². The Morgan fingerprint density at radius 2 is 2.06 bits per heavy atom. The fraction of sp³-hybridized carbons (Fsp3) is 0.933. The molecule has 3 heteroatoms. The Morgan fingerprint density at radius 1 is 1.28 bits per heavy atom. The molecule has 102 valence electrons. The van der Waals surface area contributed by atoms with Crippen LogP contribution in [0, 0.1) is 23.2 Å². The third-order valence-corrected chi connectivity index (χ3v) is 6.07. The maximum absolute atomic E-state index is 12.2. The third kappa shape index (κ3) is 1.63. The lowest BCUT2D eigenvalue weighted by Gasteiger charge is -2.47. The standard InChI is InChI=1S/C15H26N2O/c1-17(2)14(18)11-4-3-7-15(9-11)12-6-5-10(8-12)13(15)16/h10-13H,3-9,16H2,1-2H3. The van der Waals surface area contributed by atoms with Gasteiger partial charge in [-0.05, 0) is 55.8 Å². The van der Waals surface area contributed by atoms with E-state index in [2.05, 4.69) is 0 Å². The molecular formula is C15H26N2O. The maximum atomic E-state index is 12.2. The van der Waals surface area contributed by atoms with E-state index < -0.39 is 0 Å². The Bertz CT molecular complexity index is 350. The number of hydrogen-bond donors (Lipinski definition) is 1. The van der Waals surface area contributed by atoms with E-state index in [0.717, 1.165) is 24.7 Å². The molecular weight excluding hydrogens is 224 g/mol. The first-order valence-electron chi connectivity index (χ1n) is 7.51. The van der Waals surface area contributed by atoms with Crippen molar-refractivity contribution in [3.05, 3.63) is 0 Å². The van der Waals surface area contributed by atoms with Crippen LogP contribution < -0.4 is 5.73 Å². The second kappa shape index (κ2) is 4.22. The van der Waals surface area contributed by atoms with Crippen LogP contribution in [0.2, 0.25) is 0 Å². The summed E-state index contributed by atoms with van der Waals surface area (Å²) in [5.74, 6) is 2.13. The molecule has 5 unspecified atom stereocenters. The fourth-order valence-corrected chi connectivity index (χ4v) is 5.20. The van der Waals surface area contributed by atoms with Crippen molar-refractivity contribution in [2.75, 3.05) is 14.1 Å². The van der Waals surface area contributed by atoms with Crippen LogP contribution in [0.15, 0.2) is 0 Å².